The molecule has 0 bridgehead atoms. The Morgan fingerprint density at radius 1 is 1.17 bits per heavy atom. The number of fused-ring (bicyclic) bond motifs is 1. The van der Waals surface area contributed by atoms with Crippen molar-refractivity contribution in [2.75, 3.05) is 19.0 Å². The molecule has 36 heavy (non-hydrogen) atoms. The first-order valence-corrected chi connectivity index (χ1v) is 11.1. The molecule has 0 fully saturated rings. The number of halogens is 2. The van der Waals surface area contributed by atoms with E-state index < -0.39 is 30.0 Å². The number of hydrogen-bond donors (Lipinski definition) is 3. The molecule has 0 saturated heterocycles. The van der Waals surface area contributed by atoms with E-state index in [9.17, 15) is 18.8 Å². The van der Waals surface area contributed by atoms with Gasteiger partial charge in [0.25, 0.3) is 0 Å². The average Bonchev–Trinajstić information content (AvgIpc) is 2.84. The third-order valence-corrected chi connectivity index (χ3v) is 5.71. The Morgan fingerprint density at radius 3 is 2.61 bits per heavy atom. The number of benzene rings is 2. The van der Waals surface area contributed by atoms with E-state index in [1.165, 1.54) is 24.1 Å². The second-order valence-corrected chi connectivity index (χ2v) is 8.09. The Bertz CT molecular complexity index is 1230. The fourth-order valence-corrected chi connectivity index (χ4v) is 3.48. The Balaban J connectivity index is 0.00000456. The molecule has 186 valence electrons. The van der Waals surface area contributed by atoms with E-state index in [-0.39, 0.29) is 55.7 Å². The van der Waals surface area contributed by atoms with Crippen LogP contribution < -0.4 is 10.6 Å². The Labute approximate surface area is 224 Å². The van der Waals surface area contributed by atoms with E-state index in [0.717, 1.165) is 10.8 Å². The Morgan fingerprint density at radius 2 is 1.89 bits per heavy atom. The molecular weight excluding hydrogens is 486 g/mol. The molecule has 0 aliphatic heterocycles. The van der Waals surface area contributed by atoms with Crippen LogP contribution in [0.15, 0.2) is 54.7 Å². The van der Waals surface area contributed by atoms with Crippen molar-refractivity contribution in [3.8, 4) is 0 Å². The zero-order chi connectivity index (χ0) is 25.4. The van der Waals surface area contributed by atoms with Gasteiger partial charge < -0.3 is 20.1 Å². The van der Waals surface area contributed by atoms with Gasteiger partial charge in [0.15, 0.2) is 0 Å². The molecule has 1 atom stereocenters. The minimum absolute atomic E-state index is 0. The number of urea groups is 1. The SMILES string of the molecule is CN(C(=O)NCc1cccc(F)c1Cl)[C@@H](CCC(=O)O)COC(=O)Nc1cc2ccccc2cn1.[LiH]. The van der Waals surface area contributed by atoms with Gasteiger partial charge in [-0.15, -0.1) is 0 Å². The van der Waals surface area contributed by atoms with Crippen molar-refractivity contribution >= 4 is 65.1 Å². The first kappa shape index (κ1) is 28.9. The van der Waals surface area contributed by atoms with Gasteiger partial charge in [-0.05, 0) is 29.5 Å². The van der Waals surface area contributed by atoms with E-state index in [2.05, 4.69) is 15.6 Å². The molecule has 0 saturated carbocycles. The Kier molecular flexibility index (Phi) is 11.0. The molecule has 0 aliphatic rings. The molecular formula is C24H25ClFLiN4O5. The van der Waals surface area contributed by atoms with Gasteiger partial charge in [-0.2, -0.15) is 0 Å². The summed E-state index contributed by atoms with van der Waals surface area (Å²) >= 11 is 5.91. The summed E-state index contributed by atoms with van der Waals surface area (Å²) in [5.74, 6) is -1.37. The number of pyridine rings is 1. The summed E-state index contributed by atoms with van der Waals surface area (Å²) in [5, 5.41) is 15.9. The van der Waals surface area contributed by atoms with Crippen LogP contribution >= 0.6 is 11.6 Å². The number of nitrogens with zero attached hydrogens (tertiary/aromatic N) is 2. The number of amides is 3. The van der Waals surface area contributed by atoms with Crippen LogP contribution in [0.4, 0.5) is 19.8 Å². The Hall–Kier alpha value is -3.32. The van der Waals surface area contributed by atoms with Gasteiger partial charge in [0.05, 0.1) is 11.1 Å². The fourth-order valence-electron chi connectivity index (χ4n) is 3.29. The van der Waals surface area contributed by atoms with Crippen LogP contribution in [0.1, 0.15) is 18.4 Å². The summed E-state index contributed by atoms with van der Waals surface area (Å²) in [6.45, 7) is -0.294. The molecule has 0 aliphatic carbocycles. The molecule has 3 aromatic rings. The van der Waals surface area contributed by atoms with Crippen LogP contribution in [0.5, 0.6) is 0 Å². The van der Waals surface area contributed by atoms with E-state index in [1.807, 2.05) is 24.3 Å². The molecule has 9 nitrogen and oxygen atoms in total. The number of likely N-dealkylation sites (N-methyl/N-ethyl adjacent to an activating group) is 1. The predicted octanol–water partition coefficient (Wildman–Crippen LogP) is 4.00. The van der Waals surface area contributed by atoms with Crippen LogP contribution in [-0.2, 0) is 16.1 Å². The average molecular weight is 511 g/mol. The number of aliphatic carboxylic acids is 1. The van der Waals surface area contributed by atoms with Gasteiger partial charge in [-0.1, -0.05) is 48.0 Å². The number of nitrogens with one attached hydrogen (secondary N) is 2. The number of carbonyl (C=O) groups excluding carboxylic acids is 2. The zero-order valence-electron chi connectivity index (χ0n) is 18.8. The maximum atomic E-state index is 13.6. The summed E-state index contributed by atoms with van der Waals surface area (Å²) in [6, 6.07) is 12.1. The molecule has 3 rings (SSSR count). The first-order valence-electron chi connectivity index (χ1n) is 10.7. The molecule has 0 radical (unpaired) electrons. The fraction of sp³-hybridized carbons (Fsp3) is 0.250. The van der Waals surface area contributed by atoms with Gasteiger partial charge >= 0.3 is 37.0 Å². The summed E-state index contributed by atoms with van der Waals surface area (Å²) < 4.78 is 18.9. The first-order chi connectivity index (χ1) is 16.7. The summed E-state index contributed by atoms with van der Waals surface area (Å²) in [4.78, 5) is 41.4. The van der Waals surface area contributed by atoms with Gasteiger partial charge in [-0.3, -0.25) is 10.1 Å². The number of ether oxygens (including phenoxy) is 1. The zero-order valence-corrected chi connectivity index (χ0v) is 19.6. The standard InChI is InChI=1S/C24H24ClFN4O5.Li.H/c1-30(23(33)28-13-17-7-4-8-19(26)22(17)25)18(9-10-21(31)32)14-35-24(34)29-20-11-15-5-2-3-6-16(15)12-27-20;;/h2-8,11-12,18H,9-10,13-14H2,1H3,(H,28,33)(H,31,32)(H,27,29,34);;/t18-;;/m0../s1. The van der Waals surface area contributed by atoms with Gasteiger partial charge in [0.1, 0.15) is 18.2 Å². The van der Waals surface area contributed by atoms with Crippen molar-refractivity contribution in [2.45, 2.75) is 25.4 Å². The van der Waals surface area contributed by atoms with E-state index >= 15 is 0 Å². The second-order valence-electron chi connectivity index (χ2n) is 7.71. The third kappa shape index (κ3) is 8.12. The molecule has 0 unspecified atom stereocenters. The van der Waals surface area contributed by atoms with E-state index in [4.69, 9.17) is 21.4 Å². The van der Waals surface area contributed by atoms with Crippen LogP contribution in [-0.4, -0.2) is 71.6 Å². The van der Waals surface area contributed by atoms with Crippen molar-refractivity contribution in [3.63, 3.8) is 0 Å². The topological polar surface area (TPSA) is 121 Å². The van der Waals surface area contributed by atoms with E-state index in [0.29, 0.717) is 5.56 Å². The summed E-state index contributed by atoms with van der Waals surface area (Å²) in [6.07, 6.45) is 0.619. The van der Waals surface area contributed by atoms with Crippen LogP contribution in [0, 0.1) is 5.82 Å². The van der Waals surface area contributed by atoms with Crippen molar-refractivity contribution in [3.05, 3.63) is 71.1 Å². The second kappa shape index (κ2) is 13.7. The number of aromatic nitrogens is 1. The van der Waals surface area contributed by atoms with Crippen molar-refractivity contribution < 1.29 is 28.6 Å². The number of carboxylic acids is 1. The number of carbonyl (C=O) groups is 3. The molecule has 3 N–H and O–H groups in total. The van der Waals surface area contributed by atoms with Crippen LogP contribution in [0.3, 0.4) is 0 Å². The normalized spacial score (nSPS) is 11.2. The van der Waals surface area contributed by atoms with Crippen molar-refractivity contribution in [1.82, 2.24) is 15.2 Å². The molecule has 1 heterocycles. The third-order valence-electron chi connectivity index (χ3n) is 5.29. The predicted molar refractivity (Wildman–Crippen MR) is 136 cm³/mol. The molecule has 1 aromatic heterocycles. The summed E-state index contributed by atoms with van der Waals surface area (Å²) in [5.41, 5.74) is 0.383. The molecule has 3 amide bonds. The van der Waals surface area contributed by atoms with E-state index in [1.54, 1.807) is 18.3 Å². The quantitative estimate of drug-likeness (QED) is 0.374. The van der Waals surface area contributed by atoms with Gasteiger partial charge in [0, 0.05) is 31.6 Å². The monoisotopic (exact) mass is 510 g/mol. The minimum atomic E-state index is -1.06. The van der Waals surface area contributed by atoms with Gasteiger partial charge in [-0.25, -0.2) is 19.0 Å². The molecule has 12 heteroatoms. The van der Waals surface area contributed by atoms with Crippen LogP contribution in [0.25, 0.3) is 10.8 Å². The number of rotatable bonds is 9. The maximum absolute atomic E-state index is 13.6. The summed E-state index contributed by atoms with van der Waals surface area (Å²) in [7, 11) is 1.45. The van der Waals surface area contributed by atoms with Crippen LogP contribution in [0.2, 0.25) is 5.02 Å². The molecule has 2 aromatic carbocycles. The van der Waals surface area contributed by atoms with Crippen molar-refractivity contribution in [1.29, 1.82) is 0 Å². The number of carboxylic acid groups (broad SMARTS) is 1. The van der Waals surface area contributed by atoms with Gasteiger partial charge in [0.2, 0.25) is 0 Å². The van der Waals surface area contributed by atoms with Crippen molar-refractivity contribution in [2.24, 2.45) is 0 Å². The number of anilines is 1. The number of hydrogen-bond acceptors (Lipinski definition) is 5. The molecule has 0 spiro atoms.